The second-order valence-electron chi connectivity index (χ2n) is 2.76. The lowest BCUT2D eigenvalue weighted by Gasteiger charge is -2.18. The Labute approximate surface area is 75.4 Å². The number of hydrogen-bond donors (Lipinski definition) is 3. The molecule has 1 heterocycles. The molecule has 4 N–H and O–H groups in total. The predicted octanol–water partition coefficient (Wildman–Crippen LogP) is 0.443. The molecular weight excluding hydrogens is 166 g/mol. The maximum atomic E-state index is 10.8. The summed E-state index contributed by atoms with van der Waals surface area (Å²) in [4.78, 5) is 10.8. The number of carbonyl (C=O) groups is 1. The van der Waals surface area contributed by atoms with Gasteiger partial charge in [-0.1, -0.05) is 18.2 Å². The van der Waals surface area contributed by atoms with Crippen LogP contribution in [0.3, 0.4) is 0 Å². The van der Waals surface area contributed by atoms with E-state index in [0.29, 0.717) is 5.70 Å². The number of primary amides is 1. The number of carbonyl (C=O) groups excluding carboxylic acids is 1. The number of benzene rings is 1. The molecule has 13 heavy (non-hydrogen) atoms. The zero-order chi connectivity index (χ0) is 9.26. The van der Waals surface area contributed by atoms with Gasteiger partial charge in [0.25, 0.3) is 5.91 Å². The minimum Gasteiger partial charge on any atom is -0.364 e. The number of rotatable bonds is 1. The molecule has 4 heteroatoms. The molecule has 1 aromatic carbocycles. The van der Waals surface area contributed by atoms with Crippen molar-refractivity contribution in [2.24, 2.45) is 5.73 Å². The van der Waals surface area contributed by atoms with E-state index < -0.39 is 5.91 Å². The Morgan fingerprint density at radius 1 is 1.23 bits per heavy atom. The standard InChI is InChI=1S/C9H9N3O/c10-9(13)8-5-6-3-1-2-4-7(6)11-12-8/h1-5,11-12H,(H2,10,13). The summed E-state index contributed by atoms with van der Waals surface area (Å²) in [5, 5.41) is 0. The summed E-state index contributed by atoms with van der Waals surface area (Å²) in [6.45, 7) is 0. The van der Waals surface area contributed by atoms with E-state index in [1.807, 2.05) is 24.3 Å². The third kappa shape index (κ3) is 1.33. The minimum atomic E-state index is -0.470. The molecule has 1 aliphatic heterocycles. The molecule has 1 aromatic rings. The van der Waals surface area contributed by atoms with E-state index in [9.17, 15) is 4.79 Å². The van der Waals surface area contributed by atoms with Crippen LogP contribution in [0.25, 0.3) is 6.08 Å². The van der Waals surface area contributed by atoms with E-state index in [0.717, 1.165) is 11.3 Å². The van der Waals surface area contributed by atoms with Gasteiger partial charge in [-0.25, -0.2) is 0 Å². The van der Waals surface area contributed by atoms with Gasteiger partial charge in [-0.15, -0.1) is 0 Å². The highest BCUT2D eigenvalue weighted by Crippen LogP contribution is 2.20. The first kappa shape index (κ1) is 7.67. The van der Waals surface area contributed by atoms with Crippen molar-refractivity contribution in [1.29, 1.82) is 0 Å². The molecule has 0 radical (unpaired) electrons. The summed E-state index contributed by atoms with van der Waals surface area (Å²) < 4.78 is 0. The molecule has 0 spiro atoms. The number of hydrogen-bond acceptors (Lipinski definition) is 3. The van der Waals surface area contributed by atoms with Crippen molar-refractivity contribution in [2.45, 2.75) is 0 Å². The fourth-order valence-electron chi connectivity index (χ4n) is 1.20. The predicted molar refractivity (Wildman–Crippen MR) is 50.4 cm³/mol. The van der Waals surface area contributed by atoms with Gasteiger partial charge in [-0.2, -0.15) is 0 Å². The van der Waals surface area contributed by atoms with Gasteiger partial charge in [0.2, 0.25) is 0 Å². The van der Waals surface area contributed by atoms with Gasteiger partial charge in [0.15, 0.2) is 0 Å². The van der Waals surface area contributed by atoms with Crippen LogP contribution >= 0.6 is 0 Å². The molecule has 2 rings (SSSR count). The summed E-state index contributed by atoms with van der Waals surface area (Å²) in [6.07, 6.45) is 1.72. The lowest BCUT2D eigenvalue weighted by atomic mass is 10.1. The van der Waals surface area contributed by atoms with Crippen molar-refractivity contribution in [3.05, 3.63) is 35.5 Å². The van der Waals surface area contributed by atoms with Crippen LogP contribution in [0.4, 0.5) is 5.69 Å². The van der Waals surface area contributed by atoms with Gasteiger partial charge in [-0.05, 0) is 12.1 Å². The van der Waals surface area contributed by atoms with Gasteiger partial charge in [0.05, 0.1) is 5.69 Å². The second kappa shape index (κ2) is 2.82. The Balaban J connectivity index is 2.44. The molecule has 0 saturated carbocycles. The lowest BCUT2D eigenvalue weighted by Crippen LogP contribution is -2.32. The van der Waals surface area contributed by atoms with Crippen LogP contribution < -0.4 is 16.6 Å². The summed E-state index contributed by atoms with van der Waals surface area (Å²) in [5.41, 5.74) is 13.0. The zero-order valence-corrected chi connectivity index (χ0v) is 6.87. The number of fused-ring (bicyclic) bond motifs is 1. The fraction of sp³-hybridized carbons (Fsp3) is 0. The number of anilines is 1. The first-order chi connectivity index (χ1) is 6.27. The van der Waals surface area contributed by atoms with Crippen molar-refractivity contribution in [3.63, 3.8) is 0 Å². The fourth-order valence-corrected chi connectivity index (χ4v) is 1.20. The molecule has 0 atom stereocenters. The third-order valence-electron chi connectivity index (χ3n) is 1.86. The van der Waals surface area contributed by atoms with E-state index in [-0.39, 0.29) is 0 Å². The highest BCUT2D eigenvalue weighted by molar-refractivity contribution is 5.98. The quantitative estimate of drug-likeness (QED) is 0.580. The molecule has 4 nitrogen and oxygen atoms in total. The van der Waals surface area contributed by atoms with Crippen LogP contribution in [0.1, 0.15) is 5.56 Å². The van der Waals surface area contributed by atoms with Crippen molar-refractivity contribution < 1.29 is 4.79 Å². The van der Waals surface area contributed by atoms with E-state index >= 15 is 0 Å². The SMILES string of the molecule is NC(=O)C1=Cc2ccccc2NN1. The molecule has 0 aromatic heterocycles. The Hall–Kier alpha value is -1.97. The van der Waals surface area contributed by atoms with E-state index in [2.05, 4.69) is 10.9 Å². The first-order valence-corrected chi connectivity index (χ1v) is 3.90. The number of amides is 1. The third-order valence-corrected chi connectivity index (χ3v) is 1.86. The Morgan fingerprint density at radius 3 is 2.77 bits per heavy atom. The highest BCUT2D eigenvalue weighted by Gasteiger charge is 2.11. The van der Waals surface area contributed by atoms with Crippen LogP contribution in [0.5, 0.6) is 0 Å². The molecule has 1 aliphatic rings. The average molecular weight is 175 g/mol. The van der Waals surface area contributed by atoms with Crippen LogP contribution in [0, 0.1) is 0 Å². The molecule has 0 fully saturated rings. The Bertz CT molecular complexity index is 384. The topological polar surface area (TPSA) is 67.2 Å². The number of nitrogens with two attached hydrogens (primary N) is 1. The van der Waals surface area contributed by atoms with Crippen molar-refractivity contribution in [1.82, 2.24) is 5.43 Å². The summed E-state index contributed by atoms with van der Waals surface area (Å²) in [5.74, 6) is -0.470. The average Bonchev–Trinajstić information content (AvgIpc) is 2.17. The van der Waals surface area contributed by atoms with E-state index in [1.165, 1.54) is 0 Å². The van der Waals surface area contributed by atoms with Crippen LogP contribution in [0.15, 0.2) is 30.0 Å². The number of para-hydroxylation sites is 1. The molecule has 0 aliphatic carbocycles. The van der Waals surface area contributed by atoms with Gasteiger partial charge in [0, 0.05) is 5.56 Å². The van der Waals surface area contributed by atoms with Crippen LogP contribution in [-0.2, 0) is 4.79 Å². The molecule has 0 saturated heterocycles. The highest BCUT2D eigenvalue weighted by atomic mass is 16.1. The van der Waals surface area contributed by atoms with Crippen LogP contribution in [0.2, 0.25) is 0 Å². The monoisotopic (exact) mass is 175 g/mol. The van der Waals surface area contributed by atoms with Crippen LogP contribution in [-0.4, -0.2) is 5.91 Å². The summed E-state index contributed by atoms with van der Waals surface area (Å²) in [7, 11) is 0. The molecule has 1 amide bonds. The lowest BCUT2D eigenvalue weighted by molar-refractivity contribution is -0.114. The summed E-state index contributed by atoms with van der Waals surface area (Å²) >= 11 is 0. The second-order valence-corrected chi connectivity index (χ2v) is 2.76. The summed E-state index contributed by atoms with van der Waals surface area (Å²) in [6, 6.07) is 7.64. The van der Waals surface area contributed by atoms with Gasteiger partial charge in [0.1, 0.15) is 5.70 Å². The van der Waals surface area contributed by atoms with E-state index in [4.69, 9.17) is 5.73 Å². The normalized spacial score (nSPS) is 13.4. The molecular formula is C9H9N3O. The largest absolute Gasteiger partial charge is 0.364 e. The Morgan fingerprint density at radius 2 is 2.00 bits per heavy atom. The molecule has 0 bridgehead atoms. The van der Waals surface area contributed by atoms with Crippen molar-refractivity contribution in [3.8, 4) is 0 Å². The smallest absolute Gasteiger partial charge is 0.266 e. The van der Waals surface area contributed by atoms with Gasteiger partial charge >= 0.3 is 0 Å². The number of hydrazine groups is 1. The minimum absolute atomic E-state index is 0.374. The van der Waals surface area contributed by atoms with E-state index in [1.54, 1.807) is 6.08 Å². The van der Waals surface area contributed by atoms with Gasteiger partial charge < -0.3 is 11.2 Å². The Kier molecular flexibility index (Phi) is 1.66. The van der Waals surface area contributed by atoms with Crippen molar-refractivity contribution in [2.75, 3.05) is 5.43 Å². The zero-order valence-electron chi connectivity index (χ0n) is 6.87. The first-order valence-electron chi connectivity index (χ1n) is 3.90. The maximum absolute atomic E-state index is 10.8. The molecule has 0 unspecified atom stereocenters. The van der Waals surface area contributed by atoms with Gasteiger partial charge in [-0.3, -0.25) is 10.2 Å². The van der Waals surface area contributed by atoms with Crippen molar-refractivity contribution >= 4 is 17.7 Å². The molecule has 66 valence electrons. The maximum Gasteiger partial charge on any atom is 0.266 e. The number of nitrogens with one attached hydrogen (secondary N) is 2.